The number of hydrogen-bond acceptors (Lipinski definition) is 2. The molecule has 0 fully saturated rings. The Hall–Kier alpha value is -0.290. The standard InChI is InChI=1S/C11H14BrClN2O.ClH/c1-11(2,6-14)10(16)15-7-3-4-9(13)8(12)5-7;/h3-5H,6,14H2,1-2H3,(H,15,16);1H. The van der Waals surface area contributed by atoms with E-state index in [2.05, 4.69) is 21.2 Å². The maximum Gasteiger partial charge on any atom is 0.231 e. The van der Waals surface area contributed by atoms with Gasteiger partial charge in [-0.1, -0.05) is 11.6 Å². The minimum atomic E-state index is -0.577. The first-order chi connectivity index (χ1) is 7.36. The molecule has 0 atom stereocenters. The Morgan fingerprint density at radius 2 is 2.12 bits per heavy atom. The number of nitrogens with one attached hydrogen (secondary N) is 1. The first-order valence-electron chi connectivity index (χ1n) is 4.83. The highest BCUT2D eigenvalue weighted by Crippen LogP contribution is 2.26. The van der Waals surface area contributed by atoms with Crippen molar-refractivity contribution in [1.82, 2.24) is 0 Å². The van der Waals surface area contributed by atoms with E-state index in [1.54, 1.807) is 32.0 Å². The fourth-order valence-electron chi connectivity index (χ4n) is 0.967. The topological polar surface area (TPSA) is 55.1 Å². The number of amides is 1. The predicted molar refractivity (Wildman–Crippen MR) is 77.9 cm³/mol. The van der Waals surface area contributed by atoms with Gasteiger partial charge in [0.25, 0.3) is 0 Å². The van der Waals surface area contributed by atoms with E-state index in [-0.39, 0.29) is 18.3 Å². The fourth-order valence-corrected chi connectivity index (χ4v) is 1.46. The van der Waals surface area contributed by atoms with Crippen LogP contribution in [0.25, 0.3) is 0 Å². The Morgan fingerprint density at radius 1 is 1.53 bits per heavy atom. The van der Waals surface area contributed by atoms with Crippen LogP contribution in [0.3, 0.4) is 0 Å². The normalized spacial score (nSPS) is 10.6. The van der Waals surface area contributed by atoms with E-state index in [4.69, 9.17) is 17.3 Å². The highest BCUT2D eigenvalue weighted by atomic mass is 79.9. The number of hydrogen-bond donors (Lipinski definition) is 2. The molecule has 0 radical (unpaired) electrons. The molecule has 0 aliphatic carbocycles. The van der Waals surface area contributed by atoms with Crippen LogP contribution in [0.1, 0.15) is 13.8 Å². The Kier molecular flexibility index (Phi) is 6.48. The third-order valence-electron chi connectivity index (χ3n) is 2.30. The second kappa shape index (κ2) is 6.59. The van der Waals surface area contributed by atoms with Gasteiger partial charge in [-0.05, 0) is 48.0 Å². The molecule has 0 unspecified atom stereocenters. The summed E-state index contributed by atoms with van der Waals surface area (Å²) in [6.07, 6.45) is 0. The molecule has 0 aromatic heterocycles. The minimum Gasteiger partial charge on any atom is -0.329 e. The summed E-state index contributed by atoms with van der Waals surface area (Å²) in [6.45, 7) is 3.90. The van der Waals surface area contributed by atoms with E-state index in [0.717, 1.165) is 4.47 Å². The van der Waals surface area contributed by atoms with Gasteiger partial charge in [-0.25, -0.2) is 0 Å². The zero-order valence-corrected chi connectivity index (χ0v) is 12.7. The van der Waals surface area contributed by atoms with Crippen molar-refractivity contribution in [2.24, 2.45) is 11.1 Å². The summed E-state index contributed by atoms with van der Waals surface area (Å²) in [5.41, 5.74) is 5.64. The van der Waals surface area contributed by atoms with Gasteiger partial charge in [-0.3, -0.25) is 4.79 Å². The number of nitrogens with two attached hydrogens (primary N) is 1. The number of anilines is 1. The minimum absolute atomic E-state index is 0. The van der Waals surface area contributed by atoms with Gasteiger partial charge in [0.2, 0.25) is 5.91 Å². The van der Waals surface area contributed by atoms with E-state index < -0.39 is 5.41 Å². The molecule has 0 aliphatic rings. The molecule has 6 heteroatoms. The van der Waals surface area contributed by atoms with Crippen molar-refractivity contribution in [2.45, 2.75) is 13.8 Å². The molecular formula is C11H15BrCl2N2O. The van der Waals surface area contributed by atoms with E-state index in [1.807, 2.05) is 0 Å². The molecule has 17 heavy (non-hydrogen) atoms. The lowest BCUT2D eigenvalue weighted by Crippen LogP contribution is -2.37. The highest BCUT2D eigenvalue weighted by molar-refractivity contribution is 9.10. The molecule has 3 N–H and O–H groups in total. The van der Waals surface area contributed by atoms with Gasteiger partial charge in [0.15, 0.2) is 0 Å². The largest absolute Gasteiger partial charge is 0.329 e. The molecule has 0 heterocycles. The maximum atomic E-state index is 11.8. The monoisotopic (exact) mass is 340 g/mol. The van der Waals surface area contributed by atoms with Gasteiger partial charge in [0, 0.05) is 16.7 Å². The number of carbonyl (C=O) groups excluding carboxylic acids is 1. The molecule has 0 spiro atoms. The predicted octanol–water partition coefficient (Wildman–Crippen LogP) is 3.45. The first-order valence-corrected chi connectivity index (χ1v) is 6.00. The van der Waals surface area contributed by atoms with E-state index in [1.165, 1.54) is 0 Å². The number of halogens is 3. The average molecular weight is 342 g/mol. The van der Waals surface area contributed by atoms with Crippen molar-refractivity contribution in [2.75, 3.05) is 11.9 Å². The van der Waals surface area contributed by atoms with E-state index in [9.17, 15) is 4.79 Å². The SMILES string of the molecule is CC(C)(CN)C(=O)Nc1ccc(Cl)c(Br)c1.Cl. The Bertz CT molecular complexity index is 410. The van der Waals surface area contributed by atoms with E-state index >= 15 is 0 Å². The summed E-state index contributed by atoms with van der Waals surface area (Å²) in [6, 6.07) is 5.22. The summed E-state index contributed by atoms with van der Waals surface area (Å²) in [4.78, 5) is 11.8. The highest BCUT2D eigenvalue weighted by Gasteiger charge is 2.25. The molecule has 1 aromatic rings. The third-order valence-corrected chi connectivity index (χ3v) is 3.52. The number of rotatable bonds is 3. The van der Waals surface area contributed by atoms with E-state index in [0.29, 0.717) is 17.3 Å². The molecule has 1 amide bonds. The van der Waals surface area contributed by atoms with Crippen molar-refractivity contribution < 1.29 is 4.79 Å². The van der Waals surface area contributed by atoms with Crippen LogP contribution < -0.4 is 11.1 Å². The summed E-state index contributed by atoms with van der Waals surface area (Å²) >= 11 is 9.15. The molecule has 3 nitrogen and oxygen atoms in total. The second-order valence-corrected chi connectivity index (χ2v) is 5.43. The second-order valence-electron chi connectivity index (χ2n) is 4.17. The lowest BCUT2D eigenvalue weighted by molar-refractivity contribution is -0.123. The van der Waals surface area contributed by atoms with Crippen LogP contribution >= 0.6 is 39.9 Å². The summed E-state index contributed by atoms with van der Waals surface area (Å²) < 4.78 is 0.748. The van der Waals surface area contributed by atoms with Gasteiger partial charge in [0.05, 0.1) is 10.4 Å². The van der Waals surface area contributed by atoms with Crippen molar-refractivity contribution in [1.29, 1.82) is 0 Å². The molecule has 0 saturated carbocycles. The quantitative estimate of drug-likeness (QED) is 0.884. The molecule has 1 rings (SSSR count). The van der Waals surface area contributed by atoms with Gasteiger partial charge >= 0.3 is 0 Å². The van der Waals surface area contributed by atoms with Crippen LogP contribution in [0.15, 0.2) is 22.7 Å². The molecule has 0 bridgehead atoms. The van der Waals surface area contributed by atoms with Crippen LogP contribution in [0.5, 0.6) is 0 Å². The molecule has 1 aromatic carbocycles. The molecule has 0 saturated heterocycles. The summed E-state index contributed by atoms with van der Waals surface area (Å²) in [5, 5.41) is 3.40. The fraction of sp³-hybridized carbons (Fsp3) is 0.364. The average Bonchev–Trinajstić information content (AvgIpc) is 2.23. The zero-order valence-electron chi connectivity index (χ0n) is 9.59. The zero-order chi connectivity index (χ0) is 12.3. The number of carbonyl (C=O) groups is 1. The van der Waals surface area contributed by atoms with Crippen molar-refractivity contribution in [3.8, 4) is 0 Å². The lowest BCUT2D eigenvalue weighted by Gasteiger charge is -2.21. The van der Waals surface area contributed by atoms with Crippen molar-refractivity contribution in [3.63, 3.8) is 0 Å². The van der Waals surface area contributed by atoms with Gasteiger partial charge in [0.1, 0.15) is 0 Å². The van der Waals surface area contributed by atoms with Gasteiger partial charge in [-0.2, -0.15) is 0 Å². The smallest absolute Gasteiger partial charge is 0.231 e. The van der Waals surface area contributed by atoms with Crippen LogP contribution in [-0.4, -0.2) is 12.5 Å². The van der Waals surface area contributed by atoms with Gasteiger partial charge in [-0.15, -0.1) is 12.4 Å². The molecule has 96 valence electrons. The maximum absolute atomic E-state index is 11.8. The van der Waals surface area contributed by atoms with Gasteiger partial charge < -0.3 is 11.1 Å². The Morgan fingerprint density at radius 3 is 2.59 bits per heavy atom. The summed E-state index contributed by atoms with van der Waals surface area (Å²) in [7, 11) is 0. The Labute approximate surface area is 121 Å². The summed E-state index contributed by atoms with van der Waals surface area (Å²) in [5.74, 6) is -0.107. The first kappa shape index (κ1) is 16.7. The van der Waals surface area contributed by atoms with Crippen LogP contribution in [0.4, 0.5) is 5.69 Å². The van der Waals surface area contributed by atoms with Crippen LogP contribution in [0, 0.1) is 5.41 Å². The molecule has 0 aliphatic heterocycles. The Balaban J connectivity index is 0.00000256. The van der Waals surface area contributed by atoms with Crippen LogP contribution in [0.2, 0.25) is 5.02 Å². The molecular weight excluding hydrogens is 327 g/mol. The van der Waals surface area contributed by atoms with Crippen LogP contribution in [-0.2, 0) is 4.79 Å². The lowest BCUT2D eigenvalue weighted by atomic mass is 9.92. The third kappa shape index (κ3) is 4.47. The van der Waals surface area contributed by atoms with Crippen molar-refractivity contribution in [3.05, 3.63) is 27.7 Å². The van der Waals surface area contributed by atoms with Crippen molar-refractivity contribution >= 4 is 51.5 Å². The number of benzene rings is 1.